The molecule has 0 bridgehead atoms. The monoisotopic (exact) mass is 177 g/mol. The van der Waals surface area contributed by atoms with Crippen LogP contribution in [0.4, 0.5) is 0 Å². The van der Waals surface area contributed by atoms with E-state index in [4.69, 9.17) is 15.7 Å². The van der Waals surface area contributed by atoms with Gasteiger partial charge in [-0.05, 0) is 11.6 Å². The number of aromatic nitrogens is 1. The lowest BCUT2D eigenvalue weighted by atomic mass is 10.1. The van der Waals surface area contributed by atoms with Gasteiger partial charge in [-0.1, -0.05) is 6.07 Å². The Bertz CT molecular complexity index is 302. The Morgan fingerprint density at radius 3 is 2.92 bits per heavy atom. The first-order valence-electron chi connectivity index (χ1n) is 3.88. The third kappa shape index (κ3) is 2.51. The van der Waals surface area contributed by atoms with E-state index in [0.717, 1.165) is 5.56 Å². The fourth-order valence-corrected chi connectivity index (χ4v) is 0.967. The highest BCUT2D eigenvalue weighted by Gasteiger charge is 2.05. The number of nitrogens with two attached hydrogens (primary N) is 1. The van der Waals surface area contributed by atoms with Crippen molar-refractivity contribution in [1.29, 1.82) is 5.26 Å². The van der Waals surface area contributed by atoms with Crippen LogP contribution >= 0.6 is 0 Å². The van der Waals surface area contributed by atoms with E-state index in [2.05, 4.69) is 4.98 Å². The number of hydrogen-bond donors (Lipinski definition) is 1. The van der Waals surface area contributed by atoms with Crippen molar-refractivity contribution in [1.82, 2.24) is 4.98 Å². The Labute approximate surface area is 77.0 Å². The van der Waals surface area contributed by atoms with Crippen molar-refractivity contribution in [2.24, 2.45) is 5.73 Å². The van der Waals surface area contributed by atoms with E-state index in [-0.39, 0.29) is 6.04 Å². The normalized spacial score (nSPS) is 12.1. The summed E-state index contributed by atoms with van der Waals surface area (Å²) in [5.41, 5.74) is 7.02. The highest BCUT2D eigenvalue weighted by Crippen LogP contribution is 2.08. The van der Waals surface area contributed by atoms with Gasteiger partial charge in [0.15, 0.2) is 0 Å². The summed E-state index contributed by atoms with van der Waals surface area (Å²) in [6.45, 7) is 0.452. The van der Waals surface area contributed by atoms with Crippen molar-refractivity contribution in [3.05, 3.63) is 29.6 Å². The molecule has 68 valence electrons. The molecule has 0 aromatic carbocycles. The van der Waals surface area contributed by atoms with Gasteiger partial charge in [0.25, 0.3) is 0 Å². The number of methoxy groups -OCH3 is 1. The predicted molar refractivity (Wildman–Crippen MR) is 47.8 cm³/mol. The minimum Gasteiger partial charge on any atom is -0.383 e. The summed E-state index contributed by atoms with van der Waals surface area (Å²) in [4.78, 5) is 3.90. The molecule has 0 aliphatic carbocycles. The molecule has 1 aromatic heterocycles. The maximum atomic E-state index is 8.50. The summed E-state index contributed by atoms with van der Waals surface area (Å²) < 4.78 is 4.90. The zero-order valence-corrected chi connectivity index (χ0v) is 7.40. The Balaban J connectivity index is 2.75. The molecule has 1 heterocycles. The average Bonchev–Trinajstić information content (AvgIpc) is 2.18. The molecular formula is C9H11N3O. The predicted octanol–water partition coefficient (Wildman–Crippen LogP) is 0.599. The maximum Gasteiger partial charge on any atom is 0.140 e. The van der Waals surface area contributed by atoms with Crippen molar-refractivity contribution in [3.63, 3.8) is 0 Å². The fourth-order valence-electron chi connectivity index (χ4n) is 0.967. The van der Waals surface area contributed by atoms with Crippen molar-refractivity contribution in [3.8, 4) is 6.07 Å². The number of ether oxygens (including phenoxy) is 1. The second-order valence-corrected chi connectivity index (χ2v) is 2.65. The van der Waals surface area contributed by atoms with E-state index in [1.807, 2.05) is 6.07 Å². The second kappa shape index (κ2) is 4.55. The molecular weight excluding hydrogens is 166 g/mol. The topological polar surface area (TPSA) is 71.9 Å². The number of pyridine rings is 1. The molecule has 0 saturated carbocycles. The molecule has 4 nitrogen and oxygen atoms in total. The maximum absolute atomic E-state index is 8.50. The molecule has 0 unspecified atom stereocenters. The standard InChI is InChI=1S/C9H11N3O/c1-13-6-9(11)7-2-3-8(4-10)12-5-7/h2-3,5,9H,6,11H2,1H3/t9-/m0/s1. The van der Waals surface area contributed by atoms with Crippen molar-refractivity contribution in [2.75, 3.05) is 13.7 Å². The van der Waals surface area contributed by atoms with Crippen LogP contribution in [0.5, 0.6) is 0 Å². The van der Waals surface area contributed by atoms with Gasteiger partial charge in [-0.3, -0.25) is 0 Å². The van der Waals surface area contributed by atoms with E-state index in [0.29, 0.717) is 12.3 Å². The van der Waals surface area contributed by atoms with Gasteiger partial charge >= 0.3 is 0 Å². The van der Waals surface area contributed by atoms with Crippen LogP contribution in [0.3, 0.4) is 0 Å². The number of hydrogen-bond acceptors (Lipinski definition) is 4. The molecule has 1 atom stereocenters. The second-order valence-electron chi connectivity index (χ2n) is 2.65. The molecule has 0 fully saturated rings. The molecule has 2 N–H and O–H groups in total. The summed E-state index contributed by atoms with van der Waals surface area (Å²) in [7, 11) is 1.59. The van der Waals surface area contributed by atoms with Crippen LogP contribution in [0.1, 0.15) is 17.3 Å². The largest absolute Gasteiger partial charge is 0.383 e. The van der Waals surface area contributed by atoms with E-state index in [1.54, 1.807) is 25.4 Å². The van der Waals surface area contributed by atoms with Gasteiger partial charge in [0, 0.05) is 13.3 Å². The van der Waals surface area contributed by atoms with Crippen molar-refractivity contribution >= 4 is 0 Å². The van der Waals surface area contributed by atoms with Gasteiger partial charge < -0.3 is 10.5 Å². The van der Waals surface area contributed by atoms with Crippen LogP contribution in [-0.4, -0.2) is 18.7 Å². The van der Waals surface area contributed by atoms with Gasteiger partial charge in [0.05, 0.1) is 12.6 Å². The van der Waals surface area contributed by atoms with E-state index >= 15 is 0 Å². The van der Waals surface area contributed by atoms with Crippen LogP contribution in [-0.2, 0) is 4.74 Å². The Morgan fingerprint density at radius 1 is 1.69 bits per heavy atom. The summed E-state index contributed by atoms with van der Waals surface area (Å²) in [6, 6.07) is 5.20. The van der Waals surface area contributed by atoms with E-state index < -0.39 is 0 Å². The van der Waals surface area contributed by atoms with Crippen LogP contribution in [0, 0.1) is 11.3 Å². The molecule has 0 radical (unpaired) electrons. The molecule has 0 aliphatic heterocycles. The van der Waals surface area contributed by atoms with Crippen molar-refractivity contribution < 1.29 is 4.74 Å². The Hall–Kier alpha value is -1.44. The van der Waals surface area contributed by atoms with E-state index in [1.165, 1.54) is 0 Å². The average molecular weight is 177 g/mol. The van der Waals surface area contributed by atoms with Crippen LogP contribution < -0.4 is 5.73 Å². The molecule has 1 rings (SSSR count). The van der Waals surface area contributed by atoms with Gasteiger partial charge in [-0.15, -0.1) is 0 Å². The Kier molecular flexibility index (Phi) is 3.38. The first-order chi connectivity index (χ1) is 6.27. The van der Waals surface area contributed by atoms with Gasteiger partial charge in [0.1, 0.15) is 11.8 Å². The quantitative estimate of drug-likeness (QED) is 0.733. The summed E-state index contributed by atoms with van der Waals surface area (Å²) in [5, 5.41) is 8.50. The highest BCUT2D eigenvalue weighted by atomic mass is 16.5. The van der Waals surface area contributed by atoms with Crippen LogP contribution in [0.2, 0.25) is 0 Å². The SMILES string of the molecule is COC[C@H](N)c1ccc(C#N)nc1. The van der Waals surface area contributed by atoms with Gasteiger partial charge in [-0.25, -0.2) is 4.98 Å². The number of nitriles is 1. The first kappa shape index (κ1) is 9.65. The first-order valence-corrected chi connectivity index (χ1v) is 3.88. The zero-order valence-electron chi connectivity index (χ0n) is 7.40. The fraction of sp³-hybridized carbons (Fsp3) is 0.333. The summed E-state index contributed by atoms with van der Waals surface area (Å²) in [6.07, 6.45) is 1.60. The smallest absolute Gasteiger partial charge is 0.140 e. The molecule has 13 heavy (non-hydrogen) atoms. The molecule has 0 amide bonds. The van der Waals surface area contributed by atoms with Gasteiger partial charge in [0.2, 0.25) is 0 Å². The van der Waals surface area contributed by atoms with Crippen molar-refractivity contribution in [2.45, 2.75) is 6.04 Å². The minimum atomic E-state index is -0.176. The molecule has 0 aliphatic rings. The summed E-state index contributed by atoms with van der Waals surface area (Å²) in [5.74, 6) is 0. The van der Waals surface area contributed by atoms with Crippen LogP contribution in [0.15, 0.2) is 18.3 Å². The lowest BCUT2D eigenvalue weighted by Gasteiger charge is -2.09. The van der Waals surface area contributed by atoms with Gasteiger partial charge in [-0.2, -0.15) is 5.26 Å². The number of nitrogens with zero attached hydrogens (tertiary/aromatic N) is 2. The third-order valence-electron chi connectivity index (χ3n) is 1.68. The third-order valence-corrected chi connectivity index (χ3v) is 1.68. The lowest BCUT2D eigenvalue weighted by molar-refractivity contribution is 0.181. The molecule has 0 spiro atoms. The molecule has 0 saturated heterocycles. The minimum absolute atomic E-state index is 0.176. The van der Waals surface area contributed by atoms with Crippen LogP contribution in [0.25, 0.3) is 0 Å². The zero-order chi connectivity index (χ0) is 9.68. The molecule has 4 heteroatoms. The molecule has 1 aromatic rings. The summed E-state index contributed by atoms with van der Waals surface area (Å²) >= 11 is 0. The number of rotatable bonds is 3. The lowest BCUT2D eigenvalue weighted by Crippen LogP contribution is -2.16. The van der Waals surface area contributed by atoms with E-state index in [9.17, 15) is 0 Å². The Morgan fingerprint density at radius 2 is 2.46 bits per heavy atom. The highest BCUT2D eigenvalue weighted by molar-refractivity contribution is 5.24.